The van der Waals surface area contributed by atoms with Crippen LogP contribution in [0.15, 0.2) is 12.7 Å². The van der Waals surface area contributed by atoms with Crippen molar-refractivity contribution in [3.05, 3.63) is 12.7 Å². The Balaban J connectivity index is 3.42. The molecule has 0 amide bonds. The van der Waals surface area contributed by atoms with Crippen molar-refractivity contribution in [2.45, 2.75) is 27.2 Å². The van der Waals surface area contributed by atoms with E-state index in [1.165, 1.54) is 6.08 Å². The van der Waals surface area contributed by atoms with E-state index >= 15 is 0 Å². The highest BCUT2D eigenvalue weighted by atomic mass is 16.5. The van der Waals surface area contributed by atoms with Crippen molar-refractivity contribution < 1.29 is 9.53 Å². The molecule has 0 aromatic rings. The van der Waals surface area contributed by atoms with Gasteiger partial charge in [0.2, 0.25) is 0 Å². The molecule has 0 aliphatic heterocycles. The monoisotopic (exact) mass is 156 g/mol. The van der Waals surface area contributed by atoms with Gasteiger partial charge in [0, 0.05) is 6.08 Å². The van der Waals surface area contributed by atoms with Gasteiger partial charge in [-0.2, -0.15) is 0 Å². The lowest BCUT2D eigenvalue weighted by molar-refractivity contribution is -0.138. The number of hydrogen-bond acceptors (Lipinski definition) is 2. The van der Waals surface area contributed by atoms with Crippen LogP contribution in [-0.4, -0.2) is 12.6 Å². The normalized spacial score (nSPS) is 10.8. The maximum absolute atomic E-state index is 10.6. The quantitative estimate of drug-likeness (QED) is 0.462. The minimum atomic E-state index is -0.339. The van der Waals surface area contributed by atoms with E-state index in [1.807, 2.05) is 0 Å². The molecule has 0 spiro atoms. The van der Waals surface area contributed by atoms with Crippen molar-refractivity contribution in [2.24, 2.45) is 5.41 Å². The van der Waals surface area contributed by atoms with Gasteiger partial charge in [0.25, 0.3) is 0 Å². The van der Waals surface area contributed by atoms with Gasteiger partial charge in [0.15, 0.2) is 0 Å². The van der Waals surface area contributed by atoms with Gasteiger partial charge in [-0.3, -0.25) is 0 Å². The average Bonchev–Trinajstić information content (AvgIpc) is 1.85. The van der Waals surface area contributed by atoms with E-state index in [1.54, 1.807) is 0 Å². The highest BCUT2D eigenvalue weighted by Crippen LogP contribution is 2.17. The molecule has 2 nitrogen and oxygen atoms in total. The average molecular weight is 156 g/mol. The minimum Gasteiger partial charge on any atom is -0.463 e. The third kappa shape index (κ3) is 7.10. The molecule has 64 valence electrons. The summed E-state index contributed by atoms with van der Waals surface area (Å²) in [5.41, 5.74) is 0.224. The van der Waals surface area contributed by atoms with Crippen LogP contribution in [0.4, 0.5) is 0 Å². The predicted octanol–water partition coefficient (Wildman–Crippen LogP) is 2.15. The molecule has 0 saturated heterocycles. The third-order valence-corrected chi connectivity index (χ3v) is 1.26. The van der Waals surface area contributed by atoms with E-state index in [-0.39, 0.29) is 11.4 Å². The van der Waals surface area contributed by atoms with Gasteiger partial charge in [0.05, 0.1) is 6.61 Å². The molecule has 0 fully saturated rings. The lowest BCUT2D eigenvalue weighted by Crippen LogP contribution is -2.11. The molecular weight excluding hydrogens is 140 g/mol. The Hall–Kier alpha value is -0.790. The first-order valence-corrected chi connectivity index (χ1v) is 3.75. The second-order valence-corrected chi connectivity index (χ2v) is 3.68. The van der Waals surface area contributed by atoms with E-state index in [4.69, 9.17) is 4.74 Å². The van der Waals surface area contributed by atoms with Gasteiger partial charge in [-0.25, -0.2) is 4.79 Å². The minimum absolute atomic E-state index is 0.224. The van der Waals surface area contributed by atoms with Crippen molar-refractivity contribution in [2.75, 3.05) is 6.61 Å². The zero-order chi connectivity index (χ0) is 8.91. The van der Waals surface area contributed by atoms with E-state index in [2.05, 4.69) is 27.4 Å². The Morgan fingerprint density at radius 2 is 2.09 bits per heavy atom. The molecule has 0 aromatic heterocycles. The van der Waals surface area contributed by atoms with Crippen molar-refractivity contribution in [1.29, 1.82) is 0 Å². The lowest BCUT2D eigenvalue weighted by atomic mass is 9.93. The van der Waals surface area contributed by atoms with Crippen molar-refractivity contribution in [3.63, 3.8) is 0 Å². The Labute approximate surface area is 68.2 Å². The second kappa shape index (κ2) is 4.16. The van der Waals surface area contributed by atoms with Gasteiger partial charge >= 0.3 is 5.97 Å². The summed E-state index contributed by atoms with van der Waals surface area (Å²) in [6.45, 7) is 10.1. The van der Waals surface area contributed by atoms with E-state index in [9.17, 15) is 4.79 Å². The molecule has 0 rings (SSSR count). The molecule has 0 radical (unpaired) electrons. The summed E-state index contributed by atoms with van der Waals surface area (Å²) in [7, 11) is 0. The zero-order valence-electron chi connectivity index (χ0n) is 7.52. The summed E-state index contributed by atoms with van der Waals surface area (Å²) >= 11 is 0. The van der Waals surface area contributed by atoms with Crippen LogP contribution in [0.5, 0.6) is 0 Å². The predicted molar refractivity (Wildman–Crippen MR) is 45.2 cm³/mol. The van der Waals surface area contributed by atoms with Crippen LogP contribution in [0.25, 0.3) is 0 Å². The van der Waals surface area contributed by atoms with Crippen LogP contribution in [0.1, 0.15) is 27.2 Å². The van der Waals surface area contributed by atoms with Crippen molar-refractivity contribution in [1.82, 2.24) is 0 Å². The van der Waals surface area contributed by atoms with Gasteiger partial charge in [-0.05, 0) is 11.8 Å². The first kappa shape index (κ1) is 10.2. The smallest absolute Gasteiger partial charge is 0.330 e. The number of carbonyl (C=O) groups is 1. The second-order valence-electron chi connectivity index (χ2n) is 3.68. The standard InChI is InChI=1S/C9H16O2/c1-5-8(10)11-7-6-9(2,3)4/h5H,1,6-7H2,2-4H3. The summed E-state index contributed by atoms with van der Waals surface area (Å²) in [6, 6.07) is 0. The molecular formula is C9H16O2. The van der Waals surface area contributed by atoms with Gasteiger partial charge in [0.1, 0.15) is 0 Å². The molecule has 0 unspecified atom stereocenters. The topological polar surface area (TPSA) is 26.3 Å². The number of hydrogen-bond donors (Lipinski definition) is 0. The zero-order valence-corrected chi connectivity index (χ0v) is 7.52. The molecule has 0 aliphatic carbocycles. The molecule has 0 aliphatic rings. The Morgan fingerprint density at radius 1 is 1.55 bits per heavy atom. The molecule has 0 aromatic carbocycles. The summed E-state index contributed by atoms with van der Waals surface area (Å²) in [5.74, 6) is -0.339. The lowest BCUT2D eigenvalue weighted by Gasteiger charge is -2.16. The Morgan fingerprint density at radius 3 is 2.45 bits per heavy atom. The fourth-order valence-electron chi connectivity index (χ4n) is 0.517. The Bertz CT molecular complexity index is 142. The van der Waals surface area contributed by atoms with Crippen LogP contribution in [0, 0.1) is 5.41 Å². The third-order valence-electron chi connectivity index (χ3n) is 1.26. The maximum Gasteiger partial charge on any atom is 0.330 e. The van der Waals surface area contributed by atoms with Crippen LogP contribution in [0.3, 0.4) is 0 Å². The SMILES string of the molecule is C=CC(=O)OCCC(C)(C)C. The number of carbonyl (C=O) groups excluding carboxylic acids is 1. The van der Waals surface area contributed by atoms with Crippen LogP contribution >= 0.6 is 0 Å². The van der Waals surface area contributed by atoms with Crippen LogP contribution < -0.4 is 0 Å². The van der Waals surface area contributed by atoms with E-state index < -0.39 is 0 Å². The fraction of sp³-hybridized carbons (Fsp3) is 0.667. The molecule has 0 bridgehead atoms. The first-order chi connectivity index (χ1) is 4.95. The molecule has 0 atom stereocenters. The molecule has 0 saturated carbocycles. The highest BCUT2D eigenvalue weighted by molar-refractivity contribution is 5.81. The molecule has 0 N–H and O–H groups in total. The van der Waals surface area contributed by atoms with Crippen LogP contribution in [0.2, 0.25) is 0 Å². The molecule has 2 heteroatoms. The molecule has 0 heterocycles. The highest BCUT2D eigenvalue weighted by Gasteiger charge is 2.10. The fourth-order valence-corrected chi connectivity index (χ4v) is 0.517. The van der Waals surface area contributed by atoms with Gasteiger partial charge in [-0.1, -0.05) is 27.4 Å². The summed E-state index contributed by atoms with van der Waals surface area (Å²) in [6.07, 6.45) is 2.06. The van der Waals surface area contributed by atoms with E-state index in [0.29, 0.717) is 6.61 Å². The van der Waals surface area contributed by atoms with E-state index in [0.717, 1.165) is 6.42 Å². The number of rotatable bonds is 3. The summed E-state index contributed by atoms with van der Waals surface area (Å²) in [4.78, 5) is 10.6. The van der Waals surface area contributed by atoms with Gasteiger partial charge < -0.3 is 4.74 Å². The Kier molecular flexibility index (Phi) is 3.86. The molecule has 11 heavy (non-hydrogen) atoms. The van der Waals surface area contributed by atoms with Crippen LogP contribution in [-0.2, 0) is 9.53 Å². The van der Waals surface area contributed by atoms with Gasteiger partial charge in [-0.15, -0.1) is 0 Å². The largest absolute Gasteiger partial charge is 0.463 e. The number of ether oxygens (including phenoxy) is 1. The summed E-state index contributed by atoms with van der Waals surface area (Å²) < 4.78 is 4.81. The number of esters is 1. The van der Waals surface area contributed by atoms with Crippen molar-refractivity contribution >= 4 is 5.97 Å². The summed E-state index contributed by atoms with van der Waals surface area (Å²) in [5, 5.41) is 0. The maximum atomic E-state index is 10.6. The first-order valence-electron chi connectivity index (χ1n) is 3.75. The van der Waals surface area contributed by atoms with Crippen molar-refractivity contribution in [3.8, 4) is 0 Å².